The SMILES string of the molecule is O=c1[nH]c(=S)n([C@@H]2O[C@](F)(CO)[C@@H](O)[C@H]2O)cc1Cl.[2H]C([2H])(O)[C@@]1(F)O[C@@H](n2cc(Cl)c(=O)[nH]c2=S)[C@H](O)[C@@H]1O.[2H]C([2H])(O)[C@@]1(F)O[C@@]([2H])(n2cc(Cl)c(=O)[nH]c2=S)[C@H](O)[C@@H]1O.[2H][C@@]1(n2cc(Cl)c(=O)[nH]c2=S)O[C@](F)(CO)[C@@H](O)[C@H]1O. The van der Waals surface area contributed by atoms with E-state index in [-0.39, 0.29) is 29.4 Å². The van der Waals surface area contributed by atoms with Crippen molar-refractivity contribution in [3.8, 4) is 0 Å². The Morgan fingerprint density at radius 1 is 0.474 bits per heavy atom. The number of H-pyrrole nitrogens is 4. The lowest BCUT2D eigenvalue weighted by atomic mass is 10.1. The molecule has 0 bridgehead atoms. The topological polar surface area (TPSA) is 431 Å². The Hall–Kier alpha value is -3.36. The molecule has 40 heteroatoms. The van der Waals surface area contributed by atoms with Crippen LogP contribution in [0.5, 0.6) is 0 Å². The summed E-state index contributed by atoms with van der Waals surface area (Å²) in [6.45, 7) is -9.75. The van der Waals surface area contributed by atoms with Gasteiger partial charge in [0.25, 0.3) is 45.7 Å². The van der Waals surface area contributed by atoms with Gasteiger partial charge in [-0.2, -0.15) is 0 Å². The molecule has 8 heterocycles. The van der Waals surface area contributed by atoms with Crippen molar-refractivity contribution in [2.24, 2.45) is 0 Å². The maximum Gasteiger partial charge on any atom is 0.270 e. The molecule has 28 nitrogen and oxygen atoms in total. The van der Waals surface area contributed by atoms with Crippen LogP contribution in [0.25, 0.3) is 0 Å². The van der Waals surface area contributed by atoms with Crippen molar-refractivity contribution in [2.45, 2.75) is 97.1 Å². The highest BCUT2D eigenvalue weighted by Crippen LogP contribution is 2.41. The number of hydrogen-bond donors (Lipinski definition) is 16. The number of rotatable bonds is 8. The molecular weight excluding hydrogens is 1210 g/mol. The van der Waals surface area contributed by atoms with Crippen molar-refractivity contribution in [3.63, 3.8) is 0 Å². The van der Waals surface area contributed by atoms with Gasteiger partial charge in [0.1, 0.15) is 95.3 Å². The summed E-state index contributed by atoms with van der Waals surface area (Å²) >= 11 is 41.5. The van der Waals surface area contributed by atoms with E-state index in [4.69, 9.17) is 124 Å². The van der Waals surface area contributed by atoms with Crippen LogP contribution < -0.4 is 22.2 Å². The van der Waals surface area contributed by atoms with Crippen LogP contribution in [0.1, 0.15) is 33.1 Å². The van der Waals surface area contributed by atoms with Gasteiger partial charge in [-0.1, -0.05) is 46.4 Å². The normalized spacial score (nSPS) is 38.2. The first kappa shape index (κ1) is 54.6. The van der Waals surface area contributed by atoms with Gasteiger partial charge in [0.15, 0.2) is 43.9 Å². The summed E-state index contributed by atoms with van der Waals surface area (Å²) in [4.78, 5) is 53.4. The average Bonchev–Trinajstić information content (AvgIpc) is 2.93. The Bertz CT molecular complexity index is 3580. The van der Waals surface area contributed by atoms with E-state index in [1.165, 1.54) is 0 Å². The number of aliphatic hydroxyl groups excluding tert-OH is 10. The molecule has 4 aromatic heterocycles. The number of nitrogens with one attached hydrogen (secondary N) is 4. The smallest absolute Gasteiger partial charge is 0.270 e. The van der Waals surface area contributed by atoms with Gasteiger partial charge >= 0.3 is 0 Å². The number of aliphatic hydroxyl groups is 12. The number of aromatic amines is 4. The van der Waals surface area contributed by atoms with Crippen molar-refractivity contribution in [3.05, 3.63) is 105 Å². The number of aromatic nitrogens is 8. The van der Waals surface area contributed by atoms with E-state index in [2.05, 4.69) is 29.2 Å². The first-order chi connectivity index (χ1) is 37.3. The van der Waals surface area contributed by atoms with Crippen molar-refractivity contribution >= 4 is 95.3 Å². The molecule has 4 aromatic rings. The highest BCUT2D eigenvalue weighted by Gasteiger charge is 2.59. The van der Waals surface area contributed by atoms with Crippen LogP contribution in [-0.4, -0.2) is 198 Å². The van der Waals surface area contributed by atoms with Gasteiger partial charge in [0.05, 0.1) is 8.22 Å². The van der Waals surface area contributed by atoms with E-state index in [1.807, 2.05) is 4.98 Å². The lowest BCUT2D eigenvalue weighted by Gasteiger charge is -2.20. The summed E-state index contributed by atoms with van der Waals surface area (Å²) in [6, 6.07) is 0. The second kappa shape index (κ2) is 24.6. The zero-order chi connectivity index (χ0) is 62.9. The third-order valence-electron chi connectivity index (χ3n) is 10.5. The minimum absolute atomic E-state index is 0.173. The number of halogens is 8. The van der Waals surface area contributed by atoms with Gasteiger partial charge < -0.3 is 80.2 Å². The molecule has 0 aliphatic carbocycles. The number of alkyl halides is 4. The standard InChI is InChI=1S/4C9H10ClFN2O5S/c4*10-3-1-13(8(19)12-6(3)17)7-4(15)5(16)9(11,2-14)18-7/h4*1,4-5,7,14-16H,2H2,(H,12,17,19)/t4*4-,5+,7-,9-/m1111/s1/i2D2,7D;7D;2D2;. The minimum Gasteiger partial charge on any atom is -0.390 e. The Labute approximate surface area is 466 Å². The molecule has 0 aromatic carbocycles. The summed E-state index contributed by atoms with van der Waals surface area (Å²) < 4.78 is 121. The quantitative estimate of drug-likeness (QED) is 0.0662. The second-order valence-corrected chi connectivity index (χ2v) is 18.6. The van der Waals surface area contributed by atoms with Gasteiger partial charge in [-0.05, 0) is 48.9 Å². The van der Waals surface area contributed by atoms with E-state index in [9.17, 15) is 82.7 Å². The van der Waals surface area contributed by atoms with Crippen LogP contribution >= 0.6 is 95.3 Å². The second-order valence-electron chi connectivity index (χ2n) is 15.4. The van der Waals surface area contributed by atoms with Crippen LogP contribution in [0.3, 0.4) is 0 Å². The lowest BCUT2D eigenvalue weighted by molar-refractivity contribution is -0.207. The third kappa shape index (κ3) is 12.6. The number of hydrogen-bond acceptors (Lipinski definition) is 24. The average molecular weight is 1260 g/mol. The van der Waals surface area contributed by atoms with Crippen molar-refractivity contribution in [2.75, 3.05) is 26.3 Å². The van der Waals surface area contributed by atoms with Crippen molar-refractivity contribution in [1.82, 2.24) is 38.2 Å². The third-order valence-corrected chi connectivity index (χ3v) is 12.8. The molecule has 16 N–H and O–H groups in total. The molecule has 424 valence electrons. The van der Waals surface area contributed by atoms with Gasteiger partial charge in [0, 0.05) is 24.8 Å². The molecule has 8 rings (SSSR count). The summed E-state index contributed by atoms with van der Waals surface area (Å²) in [7, 11) is 0. The van der Waals surface area contributed by atoms with E-state index in [0.717, 1.165) is 33.9 Å². The molecule has 0 saturated carbocycles. The molecule has 4 fully saturated rings. The summed E-state index contributed by atoms with van der Waals surface area (Å²) in [5, 5.41) is 112. The molecule has 16 atom stereocenters. The highest BCUT2D eigenvalue weighted by molar-refractivity contribution is 7.71. The van der Waals surface area contributed by atoms with Crippen LogP contribution in [0.2, 0.25) is 20.1 Å². The predicted molar refractivity (Wildman–Crippen MR) is 256 cm³/mol. The fourth-order valence-electron chi connectivity index (χ4n) is 6.50. The first-order valence-electron chi connectivity index (χ1n) is 23.0. The van der Waals surface area contributed by atoms with Crippen LogP contribution in [0.15, 0.2) is 44.0 Å². The molecular formula is C36H40Cl4F4N8O20S4. The predicted octanol–water partition coefficient (Wildman–Crippen LogP) is -2.13. The summed E-state index contributed by atoms with van der Waals surface area (Å²) in [5.74, 6) is -13.3. The minimum atomic E-state index is -3.81. The molecule has 0 unspecified atom stereocenters. The van der Waals surface area contributed by atoms with E-state index in [1.54, 1.807) is 0 Å². The molecule has 76 heavy (non-hydrogen) atoms. The zero-order valence-electron chi connectivity index (χ0n) is 42.6. The molecule has 0 amide bonds. The summed E-state index contributed by atoms with van der Waals surface area (Å²) in [5.41, 5.74) is -2.93. The Morgan fingerprint density at radius 2 is 0.711 bits per heavy atom. The fraction of sp³-hybridized carbons (Fsp3) is 0.556. The van der Waals surface area contributed by atoms with E-state index >= 15 is 0 Å². The van der Waals surface area contributed by atoms with Gasteiger partial charge in [-0.25, -0.2) is 17.6 Å². The number of nitrogens with zero attached hydrogens (tertiary/aromatic N) is 4. The lowest BCUT2D eigenvalue weighted by Crippen LogP contribution is -2.42. The fourth-order valence-corrected chi connectivity index (χ4v) is 8.07. The Kier molecular flexibility index (Phi) is 17.6. The Balaban J connectivity index is 0.000000201. The van der Waals surface area contributed by atoms with Crippen LogP contribution in [0, 0.1) is 19.1 Å². The zero-order valence-corrected chi connectivity index (χ0v) is 42.9. The maximum absolute atomic E-state index is 14.4. The van der Waals surface area contributed by atoms with Crippen molar-refractivity contribution in [1.29, 1.82) is 0 Å². The maximum atomic E-state index is 14.4. The monoisotopic (exact) mass is 1250 g/mol. The van der Waals surface area contributed by atoms with Crippen LogP contribution in [-0.2, 0) is 18.9 Å². The summed E-state index contributed by atoms with van der Waals surface area (Å²) in [6.07, 6.45) is -22.2. The van der Waals surface area contributed by atoms with Gasteiger partial charge in [-0.15, -0.1) is 0 Å². The van der Waals surface area contributed by atoms with Crippen LogP contribution in [0.4, 0.5) is 17.6 Å². The largest absolute Gasteiger partial charge is 0.390 e. The Morgan fingerprint density at radius 3 is 0.987 bits per heavy atom. The molecule has 4 saturated heterocycles. The van der Waals surface area contributed by atoms with E-state index < -0.39 is 155 Å². The van der Waals surface area contributed by atoms with Gasteiger partial charge in [0.2, 0.25) is 0 Å². The van der Waals surface area contributed by atoms with E-state index in [0.29, 0.717) is 9.13 Å². The highest BCUT2D eigenvalue weighted by atomic mass is 35.5. The van der Waals surface area contributed by atoms with Crippen molar-refractivity contribution < 1.29 is 106 Å². The molecule has 0 spiro atoms. The number of ether oxygens (including phenoxy) is 4. The molecule has 4 aliphatic rings. The van der Waals surface area contributed by atoms with Gasteiger partial charge in [-0.3, -0.25) is 57.4 Å². The molecule has 0 radical (unpaired) electrons. The molecule has 4 aliphatic heterocycles. The first-order valence-corrected chi connectivity index (χ1v) is 23.1.